The smallest absolute Gasteiger partial charge is 0.377 e. The predicted octanol–water partition coefficient (Wildman–Crippen LogP) is -0.780. The first-order valence-electron chi connectivity index (χ1n) is 5.12. The van der Waals surface area contributed by atoms with Crippen molar-refractivity contribution in [3.05, 3.63) is 29.8 Å². The van der Waals surface area contributed by atoms with Gasteiger partial charge in [-0.25, -0.2) is 12.1 Å². The summed E-state index contributed by atoms with van der Waals surface area (Å²) >= 11 is 0. The minimum Gasteiger partial charge on any atom is -0.377 e. The fourth-order valence-electron chi connectivity index (χ4n) is 1.65. The molecule has 16 heavy (non-hydrogen) atoms. The molecule has 0 unspecified atom stereocenters. The predicted molar refractivity (Wildman–Crippen MR) is 61.9 cm³/mol. The van der Waals surface area contributed by atoms with E-state index in [1.54, 1.807) is 21.3 Å². The first-order valence-corrected chi connectivity index (χ1v) is 7.05. The van der Waals surface area contributed by atoms with Crippen molar-refractivity contribution in [2.45, 2.75) is 18.9 Å². The Kier molecular flexibility index (Phi) is 8.76. The van der Waals surface area contributed by atoms with Crippen LogP contribution in [0.1, 0.15) is 12.0 Å². The van der Waals surface area contributed by atoms with E-state index in [9.17, 15) is 0 Å². The van der Waals surface area contributed by atoms with Crippen LogP contribution < -0.4 is 29.6 Å². The second-order valence-electron chi connectivity index (χ2n) is 3.44. The Morgan fingerprint density at radius 3 is 1.94 bits per heavy atom. The SMILES string of the molecule is CO[Si](CCC[c-]1cccc1)(OC)OC.[Na+]. The number of rotatable bonds is 7. The van der Waals surface area contributed by atoms with Crippen LogP contribution in [-0.4, -0.2) is 30.1 Å². The number of hydrogen-bond acceptors (Lipinski definition) is 3. The van der Waals surface area contributed by atoms with Crippen molar-refractivity contribution in [3.8, 4) is 0 Å². The summed E-state index contributed by atoms with van der Waals surface area (Å²) in [6.07, 6.45) is 2.09. The summed E-state index contributed by atoms with van der Waals surface area (Å²) in [6, 6.07) is 9.25. The van der Waals surface area contributed by atoms with Crippen molar-refractivity contribution < 1.29 is 42.8 Å². The normalized spacial score (nSPS) is 11.2. The third kappa shape index (κ3) is 4.75. The molecular weight excluding hydrogens is 231 g/mol. The molecule has 0 heterocycles. The molecule has 0 spiro atoms. The molecule has 0 N–H and O–H groups in total. The summed E-state index contributed by atoms with van der Waals surface area (Å²) in [4.78, 5) is 0. The fourth-order valence-corrected chi connectivity index (χ4v) is 3.37. The van der Waals surface area contributed by atoms with Crippen molar-refractivity contribution in [1.29, 1.82) is 0 Å². The van der Waals surface area contributed by atoms with Gasteiger partial charge in [-0.1, -0.05) is 12.8 Å². The first kappa shape index (κ1) is 16.4. The van der Waals surface area contributed by atoms with Gasteiger partial charge in [0.25, 0.3) is 0 Å². The van der Waals surface area contributed by atoms with E-state index < -0.39 is 8.80 Å². The summed E-state index contributed by atoms with van der Waals surface area (Å²) in [5.74, 6) is 0. The molecular formula is C11H19NaO3Si. The molecule has 0 fully saturated rings. The molecule has 1 rings (SSSR count). The zero-order chi connectivity index (χ0) is 11.1. The average molecular weight is 250 g/mol. The van der Waals surface area contributed by atoms with E-state index in [2.05, 4.69) is 24.3 Å². The van der Waals surface area contributed by atoms with Crippen LogP contribution in [0.15, 0.2) is 24.3 Å². The first-order chi connectivity index (χ1) is 7.26. The molecule has 0 amide bonds. The topological polar surface area (TPSA) is 27.7 Å². The summed E-state index contributed by atoms with van der Waals surface area (Å²) in [7, 11) is 2.61. The molecule has 1 aromatic rings. The largest absolute Gasteiger partial charge is 1.00 e. The van der Waals surface area contributed by atoms with Crippen LogP contribution in [0.2, 0.25) is 6.04 Å². The van der Waals surface area contributed by atoms with E-state index in [0.29, 0.717) is 0 Å². The van der Waals surface area contributed by atoms with Crippen molar-refractivity contribution in [1.82, 2.24) is 0 Å². The third-order valence-electron chi connectivity index (χ3n) is 2.61. The third-order valence-corrected chi connectivity index (χ3v) is 5.45. The summed E-state index contributed by atoms with van der Waals surface area (Å²) in [5.41, 5.74) is 1.36. The van der Waals surface area contributed by atoms with E-state index >= 15 is 0 Å². The van der Waals surface area contributed by atoms with Crippen molar-refractivity contribution in [2.24, 2.45) is 0 Å². The van der Waals surface area contributed by atoms with Gasteiger partial charge in [-0.05, 0) is 0 Å². The average Bonchev–Trinajstić information content (AvgIpc) is 2.78. The molecule has 0 saturated carbocycles. The van der Waals surface area contributed by atoms with Crippen LogP contribution in [0.4, 0.5) is 0 Å². The molecule has 3 nitrogen and oxygen atoms in total. The molecule has 0 radical (unpaired) electrons. The van der Waals surface area contributed by atoms with E-state index in [-0.39, 0.29) is 29.6 Å². The van der Waals surface area contributed by atoms with Crippen LogP contribution in [0.3, 0.4) is 0 Å². The fraction of sp³-hybridized carbons (Fsp3) is 0.545. The van der Waals surface area contributed by atoms with Crippen LogP contribution in [0.25, 0.3) is 0 Å². The molecule has 0 aliphatic heterocycles. The Bertz CT molecular complexity index is 252. The van der Waals surface area contributed by atoms with E-state index in [1.165, 1.54) is 5.56 Å². The van der Waals surface area contributed by atoms with Gasteiger partial charge in [0.05, 0.1) is 0 Å². The minimum absolute atomic E-state index is 0. The molecule has 0 aliphatic rings. The standard InChI is InChI=1S/C11H19O3Si.Na/c1-12-15(13-2,14-3)10-6-9-11-7-4-5-8-11;/h4-5,7-8H,6,9-10H2,1-3H3;/q-1;+1. The number of aryl methyl sites for hydroxylation is 1. The maximum atomic E-state index is 5.35. The summed E-state index contributed by atoms with van der Waals surface area (Å²) in [5, 5.41) is 0. The quantitative estimate of drug-likeness (QED) is 0.469. The van der Waals surface area contributed by atoms with Gasteiger partial charge in [0.1, 0.15) is 0 Å². The van der Waals surface area contributed by atoms with Gasteiger partial charge >= 0.3 is 38.4 Å². The molecule has 0 aliphatic carbocycles. The van der Waals surface area contributed by atoms with Crippen molar-refractivity contribution >= 4 is 8.80 Å². The van der Waals surface area contributed by atoms with Crippen molar-refractivity contribution in [3.63, 3.8) is 0 Å². The van der Waals surface area contributed by atoms with Crippen LogP contribution in [-0.2, 0) is 19.7 Å². The Morgan fingerprint density at radius 2 is 1.50 bits per heavy atom. The van der Waals surface area contributed by atoms with E-state index in [4.69, 9.17) is 13.3 Å². The van der Waals surface area contributed by atoms with Gasteiger partial charge in [0, 0.05) is 27.4 Å². The summed E-state index contributed by atoms with van der Waals surface area (Å²) in [6.45, 7) is 0. The molecule has 0 bridgehead atoms. The van der Waals surface area contributed by atoms with Crippen LogP contribution >= 0.6 is 0 Å². The van der Waals surface area contributed by atoms with Gasteiger partial charge in [-0.3, -0.25) is 0 Å². The Balaban J connectivity index is 0.00000225. The maximum absolute atomic E-state index is 5.35. The maximum Gasteiger partial charge on any atom is 1.00 e. The molecule has 86 valence electrons. The second kappa shape index (κ2) is 8.52. The van der Waals surface area contributed by atoms with Gasteiger partial charge in [0.2, 0.25) is 0 Å². The number of hydrogen-bond donors (Lipinski definition) is 0. The molecule has 0 aromatic heterocycles. The van der Waals surface area contributed by atoms with Crippen LogP contribution in [0.5, 0.6) is 0 Å². The van der Waals surface area contributed by atoms with Gasteiger partial charge in [-0.15, -0.1) is 0 Å². The van der Waals surface area contributed by atoms with Gasteiger partial charge < -0.3 is 13.3 Å². The molecule has 1 aromatic carbocycles. The Hall–Kier alpha value is 0.447. The minimum atomic E-state index is -2.35. The zero-order valence-electron chi connectivity index (χ0n) is 10.7. The Morgan fingerprint density at radius 1 is 1.00 bits per heavy atom. The van der Waals surface area contributed by atoms with Crippen LogP contribution in [0, 0.1) is 0 Å². The van der Waals surface area contributed by atoms with Gasteiger partial charge in [-0.2, -0.15) is 17.7 Å². The van der Waals surface area contributed by atoms with E-state index in [0.717, 1.165) is 18.9 Å². The zero-order valence-corrected chi connectivity index (χ0v) is 13.7. The Labute approximate surface area is 121 Å². The van der Waals surface area contributed by atoms with E-state index in [1.807, 2.05) is 0 Å². The second-order valence-corrected chi connectivity index (χ2v) is 6.53. The van der Waals surface area contributed by atoms with Gasteiger partial charge in [0.15, 0.2) is 0 Å². The molecule has 0 saturated heterocycles. The molecule has 5 heteroatoms. The monoisotopic (exact) mass is 250 g/mol. The van der Waals surface area contributed by atoms with Crippen molar-refractivity contribution in [2.75, 3.05) is 21.3 Å². The molecule has 0 atom stereocenters. The summed E-state index contributed by atoms with van der Waals surface area (Å²) < 4.78 is 16.1.